The Labute approximate surface area is 84.3 Å². The van der Waals surface area contributed by atoms with Gasteiger partial charge < -0.3 is 10.1 Å². The van der Waals surface area contributed by atoms with Crippen LogP contribution in [0.3, 0.4) is 0 Å². The van der Waals surface area contributed by atoms with Crippen molar-refractivity contribution in [3.8, 4) is 11.8 Å². The van der Waals surface area contributed by atoms with Gasteiger partial charge in [0, 0.05) is 5.69 Å². The molecule has 0 aliphatic carbocycles. The van der Waals surface area contributed by atoms with E-state index in [1.165, 1.54) is 0 Å². The second-order valence-electron chi connectivity index (χ2n) is 3.59. The first-order valence-electron chi connectivity index (χ1n) is 4.41. The Morgan fingerprint density at radius 2 is 1.86 bits per heavy atom. The first-order valence-corrected chi connectivity index (χ1v) is 4.41. The number of nitrogens with one attached hydrogen (secondary N) is 1. The van der Waals surface area contributed by atoms with Crippen molar-refractivity contribution in [3.63, 3.8) is 0 Å². The third-order valence-electron chi connectivity index (χ3n) is 1.83. The molecule has 0 radical (unpaired) electrons. The van der Waals surface area contributed by atoms with E-state index in [0.717, 1.165) is 11.4 Å². The number of methoxy groups -OCH3 is 1. The maximum absolute atomic E-state index is 8.82. The van der Waals surface area contributed by atoms with E-state index in [-0.39, 0.29) is 0 Å². The largest absolute Gasteiger partial charge is 0.497 e. The molecule has 3 heteroatoms. The van der Waals surface area contributed by atoms with Crippen molar-refractivity contribution in [1.82, 2.24) is 0 Å². The van der Waals surface area contributed by atoms with E-state index in [2.05, 4.69) is 11.4 Å². The number of benzene rings is 1. The van der Waals surface area contributed by atoms with Crippen LogP contribution in [-0.2, 0) is 0 Å². The summed E-state index contributed by atoms with van der Waals surface area (Å²) in [6.45, 7) is 3.66. The molecule has 14 heavy (non-hydrogen) atoms. The molecule has 0 aliphatic rings. The van der Waals surface area contributed by atoms with Crippen LogP contribution < -0.4 is 10.1 Å². The Morgan fingerprint density at radius 3 is 2.29 bits per heavy atom. The van der Waals surface area contributed by atoms with Crippen LogP contribution in [0.25, 0.3) is 0 Å². The van der Waals surface area contributed by atoms with Crippen LogP contribution in [-0.4, -0.2) is 12.6 Å². The fourth-order valence-corrected chi connectivity index (χ4v) is 1.06. The van der Waals surface area contributed by atoms with E-state index in [1.807, 2.05) is 38.1 Å². The van der Waals surface area contributed by atoms with Crippen molar-refractivity contribution in [2.75, 3.05) is 12.4 Å². The van der Waals surface area contributed by atoms with Gasteiger partial charge in [-0.15, -0.1) is 0 Å². The molecule has 0 saturated heterocycles. The van der Waals surface area contributed by atoms with Gasteiger partial charge in [-0.2, -0.15) is 5.26 Å². The molecule has 0 saturated carbocycles. The highest BCUT2D eigenvalue weighted by Crippen LogP contribution is 2.18. The maximum atomic E-state index is 8.82. The molecule has 0 heterocycles. The van der Waals surface area contributed by atoms with E-state index in [0.29, 0.717) is 0 Å². The summed E-state index contributed by atoms with van der Waals surface area (Å²) in [6, 6.07) is 9.66. The Hall–Kier alpha value is -1.69. The van der Waals surface area contributed by atoms with Crippen molar-refractivity contribution >= 4 is 5.69 Å². The second kappa shape index (κ2) is 4.01. The fraction of sp³-hybridized carbons (Fsp3) is 0.364. The van der Waals surface area contributed by atoms with Gasteiger partial charge in [0.1, 0.15) is 11.3 Å². The lowest BCUT2D eigenvalue weighted by atomic mass is 10.1. The van der Waals surface area contributed by atoms with Crippen molar-refractivity contribution < 1.29 is 4.74 Å². The van der Waals surface area contributed by atoms with Gasteiger partial charge in [-0.05, 0) is 38.1 Å². The highest BCUT2D eigenvalue weighted by Gasteiger charge is 2.15. The van der Waals surface area contributed by atoms with Gasteiger partial charge in [0.25, 0.3) is 0 Å². The Bertz CT molecular complexity index is 335. The lowest BCUT2D eigenvalue weighted by molar-refractivity contribution is 0.415. The maximum Gasteiger partial charge on any atom is 0.119 e. The Kier molecular flexibility index (Phi) is 2.98. The number of hydrogen-bond donors (Lipinski definition) is 1. The quantitative estimate of drug-likeness (QED) is 0.796. The summed E-state index contributed by atoms with van der Waals surface area (Å²) in [5, 5.41) is 11.9. The lowest BCUT2D eigenvalue weighted by Gasteiger charge is -2.18. The Balaban J connectivity index is 2.75. The predicted octanol–water partition coefficient (Wildman–Crippen LogP) is 2.41. The van der Waals surface area contributed by atoms with Gasteiger partial charge in [0.2, 0.25) is 0 Å². The zero-order valence-corrected chi connectivity index (χ0v) is 8.66. The molecule has 1 N–H and O–H groups in total. The van der Waals surface area contributed by atoms with Crippen LogP contribution in [0.5, 0.6) is 5.75 Å². The zero-order valence-electron chi connectivity index (χ0n) is 8.66. The summed E-state index contributed by atoms with van der Waals surface area (Å²) in [4.78, 5) is 0. The molecular formula is C11H14N2O. The number of anilines is 1. The van der Waals surface area contributed by atoms with E-state index < -0.39 is 5.54 Å². The molecule has 1 rings (SSSR count). The number of ether oxygens (including phenoxy) is 1. The average Bonchev–Trinajstić information content (AvgIpc) is 2.19. The van der Waals surface area contributed by atoms with Crippen molar-refractivity contribution in [2.24, 2.45) is 0 Å². The van der Waals surface area contributed by atoms with Crippen molar-refractivity contribution in [1.29, 1.82) is 5.26 Å². The number of nitriles is 1. The molecule has 0 atom stereocenters. The van der Waals surface area contributed by atoms with Crippen molar-refractivity contribution in [3.05, 3.63) is 24.3 Å². The van der Waals surface area contributed by atoms with Gasteiger partial charge in [0.05, 0.1) is 13.2 Å². The summed E-state index contributed by atoms with van der Waals surface area (Å²) >= 11 is 0. The van der Waals surface area contributed by atoms with Gasteiger partial charge in [0.15, 0.2) is 0 Å². The molecule has 0 spiro atoms. The summed E-state index contributed by atoms with van der Waals surface area (Å²) in [6.07, 6.45) is 0. The molecule has 74 valence electrons. The first-order chi connectivity index (χ1) is 6.57. The average molecular weight is 190 g/mol. The number of nitrogens with zero attached hydrogens (tertiary/aromatic N) is 1. The van der Waals surface area contributed by atoms with Crippen molar-refractivity contribution in [2.45, 2.75) is 19.4 Å². The zero-order chi connectivity index (χ0) is 10.6. The number of hydrogen-bond acceptors (Lipinski definition) is 3. The van der Waals surface area contributed by atoms with Gasteiger partial charge in [-0.25, -0.2) is 0 Å². The molecule has 0 bridgehead atoms. The third-order valence-corrected chi connectivity index (χ3v) is 1.83. The third kappa shape index (κ3) is 2.67. The molecular weight excluding hydrogens is 176 g/mol. The topological polar surface area (TPSA) is 45.0 Å². The number of rotatable bonds is 3. The minimum Gasteiger partial charge on any atom is -0.497 e. The highest BCUT2D eigenvalue weighted by atomic mass is 16.5. The van der Waals surface area contributed by atoms with E-state index in [4.69, 9.17) is 10.00 Å². The molecule has 0 amide bonds. The van der Waals surface area contributed by atoms with Gasteiger partial charge >= 0.3 is 0 Å². The fourth-order valence-electron chi connectivity index (χ4n) is 1.06. The molecule has 0 aromatic heterocycles. The normalized spacial score (nSPS) is 10.4. The molecule has 0 fully saturated rings. The van der Waals surface area contributed by atoms with Crippen LogP contribution in [0.4, 0.5) is 5.69 Å². The second-order valence-corrected chi connectivity index (χ2v) is 3.59. The monoisotopic (exact) mass is 190 g/mol. The van der Waals surface area contributed by atoms with Crippen LogP contribution in [0.2, 0.25) is 0 Å². The highest BCUT2D eigenvalue weighted by molar-refractivity contribution is 5.49. The minimum absolute atomic E-state index is 0.547. The lowest BCUT2D eigenvalue weighted by Crippen LogP contribution is -2.28. The standard InChI is InChI=1S/C11H14N2O/c1-11(2,8-12)13-9-4-6-10(14-3)7-5-9/h4-7,13H,1-3H3. The smallest absolute Gasteiger partial charge is 0.119 e. The van der Waals surface area contributed by atoms with E-state index in [9.17, 15) is 0 Å². The van der Waals surface area contributed by atoms with Gasteiger partial charge in [-0.3, -0.25) is 0 Å². The van der Waals surface area contributed by atoms with Crippen LogP contribution in [0.15, 0.2) is 24.3 Å². The van der Waals surface area contributed by atoms with E-state index >= 15 is 0 Å². The molecule has 1 aromatic rings. The molecule has 0 aliphatic heterocycles. The molecule has 1 aromatic carbocycles. The summed E-state index contributed by atoms with van der Waals surface area (Å²) in [5.41, 5.74) is 0.367. The van der Waals surface area contributed by atoms with E-state index in [1.54, 1.807) is 7.11 Å². The predicted molar refractivity (Wildman–Crippen MR) is 56.3 cm³/mol. The Morgan fingerprint density at radius 1 is 1.29 bits per heavy atom. The SMILES string of the molecule is COc1ccc(NC(C)(C)C#N)cc1. The molecule has 3 nitrogen and oxygen atoms in total. The summed E-state index contributed by atoms with van der Waals surface area (Å²) in [7, 11) is 1.63. The van der Waals surface area contributed by atoms with Gasteiger partial charge in [-0.1, -0.05) is 0 Å². The van der Waals surface area contributed by atoms with Crippen LogP contribution >= 0.6 is 0 Å². The summed E-state index contributed by atoms with van der Waals surface area (Å²) < 4.78 is 5.03. The summed E-state index contributed by atoms with van der Waals surface area (Å²) in [5.74, 6) is 0.810. The first kappa shape index (κ1) is 10.4. The molecule has 0 unspecified atom stereocenters. The van der Waals surface area contributed by atoms with Crippen LogP contribution in [0, 0.1) is 11.3 Å². The minimum atomic E-state index is -0.547. The van der Waals surface area contributed by atoms with Crippen LogP contribution in [0.1, 0.15) is 13.8 Å².